The van der Waals surface area contributed by atoms with Gasteiger partial charge in [0.05, 0.1) is 17.9 Å². The number of hydrazine groups is 1. The molecule has 13 heavy (non-hydrogen) atoms. The average molecular weight is 183 g/mol. The zero-order valence-corrected chi connectivity index (χ0v) is 8.08. The van der Waals surface area contributed by atoms with Crippen LogP contribution in [-0.2, 0) is 0 Å². The molecule has 1 rings (SSSR count). The van der Waals surface area contributed by atoms with Crippen LogP contribution < -0.4 is 5.43 Å². The van der Waals surface area contributed by atoms with E-state index < -0.39 is 0 Å². The van der Waals surface area contributed by atoms with Gasteiger partial charge in [0.15, 0.2) is 0 Å². The second-order valence-electron chi connectivity index (χ2n) is 3.15. The summed E-state index contributed by atoms with van der Waals surface area (Å²) in [6.45, 7) is 1.97. The number of aromatic nitrogens is 1. The van der Waals surface area contributed by atoms with Gasteiger partial charge in [-0.25, -0.2) is 14.8 Å². The molecule has 3 nitrogen and oxygen atoms in total. The molecule has 0 aliphatic carbocycles. The molecule has 0 bridgehead atoms. The van der Waals surface area contributed by atoms with Crippen molar-refractivity contribution in [3.63, 3.8) is 0 Å². The molecule has 0 spiro atoms. The summed E-state index contributed by atoms with van der Waals surface area (Å²) in [6.07, 6.45) is 1.23. The summed E-state index contributed by atoms with van der Waals surface area (Å²) in [5.41, 5.74) is 3.96. The Morgan fingerprint density at radius 3 is 2.62 bits per heavy atom. The molecule has 0 aliphatic heterocycles. The van der Waals surface area contributed by atoms with Crippen LogP contribution in [0.1, 0.15) is 18.7 Å². The molecule has 4 heteroatoms. The predicted octanol–water partition coefficient (Wildman–Crippen LogP) is 1.35. The third kappa shape index (κ3) is 3.08. The molecule has 1 atom stereocenters. The lowest BCUT2D eigenvalue weighted by Gasteiger charge is -2.18. The van der Waals surface area contributed by atoms with E-state index in [1.54, 1.807) is 6.07 Å². The van der Waals surface area contributed by atoms with Crippen molar-refractivity contribution in [1.82, 2.24) is 15.4 Å². The summed E-state index contributed by atoms with van der Waals surface area (Å²) in [4.78, 5) is 3.97. The van der Waals surface area contributed by atoms with Crippen molar-refractivity contribution in [3.8, 4) is 0 Å². The maximum absolute atomic E-state index is 12.5. The average Bonchev–Trinajstić information content (AvgIpc) is 2.04. The number of pyridine rings is 1. The van der Waals surface area contributed by atoms with Gasteiger partial charge in [0.2, 0.25) is 0 Å². The van der Waals surface area contributed by atoms with E-state index in [9.17, 15) is 4.39 Å². The first-order valence-electron chi connectivity index (χ1n) is 4.14. The Balaban J connectivity index is 2.66. The Labute approximate surface area is 77.6 Å². The SMILES string of the molecule is CC(NN(C)C)c1ccc(F)cn1. The molecule has 0 aliphatic rings. The van der Waals surface area contributed by atoms with E-state index in [1.807, 2.05) is 26.0 Å². The van der Waals surface area contributed by atoms with Crippen molar-refractivity contribution in [2.45, 2.75) is 13.0 Å². The maximum atomic E-state index is 12.5. The van der Waals surface area contributed by atoms with Crippen molar-refractivity contribution in [1.29, 1.82) is 0 Å². The summed E-state index contributed by atoms with van der Waals surface area (Å²) in [5.74, 6) is -0.305. The number of rotatable bonds is 3. The van der Waals surface area contributed by atoms with Gasteiger partial charge in [-0.05, 0) is 19.1 Å². The van der Waals surface area contributed by atoms with Crippen LogP contribution in [0.4, 0.5) is 4.39 Å². The first-order valence-corrected chi connectivity index (χ1v) is 4.14. The zero-order valence-electron chi connectivity index (χ0n) is 8.08. The first-order chi connectivity index (χ1) is 6.09. The molecular weight excluding hydrogens is 169 g/mol. The molecule has 1 aromatic heterocycles. The summed E-state index contributed by atoms with van der Waals surface area (Å²) in [6, 6.07) is 3.18. The number of hydrogen-bond donors (Lipinski definition) is 1. The van der Waals surface area contributed by atoms with Gasteiger partial charge in [0, 0.05) is 14.1 Å². The van der Waals surface area contributed by atoms with Gasteiger partial charge in [0.25, 0.3) is 0 Å². The van der Waals surface area contributed by atoms with Crippen molar-refractivity contribution < 1.29 is 4.39 Å². The Kier molecular flexibility index (Phi) is 3.33. The highest BCUT2D eigenvalue weighted by atomic mass is 19.1. The highest BCUT2D eigenvalue weighted by Crippen LogP contribution is 2.08. The third-order valence-electron chi connectivity index (χ3n) is 1.65. The quantitative estimate of drug-likeness (QED) is 0.717. The molecule has 0 saturated heterocycles. The van der Waals surface area contributed by atoms with Crippen LogP contribution in [0.5, 0.6) is 0 Å². The minimum atomic E-state index is -0.305. The number of nitrogens with zero attached hydrogens (tertiary/aromatic N) is 2. The molecule has 1 heterocycles. The molecule has 0 amide bonds. The molecule has 0 radical (unpaired) electrons. The van der Waals surface area contributed by atoms with Crippen molar-refractivity contribution in [2.24, 2.45) is 0 Å². The second kappa shape index (κ2) is 4.30. The van der Waals surface area contributed by atoms with Crippen molar-refractivity contribution in [2.75, 3.05) is 14.1 Å². The Hall–Kier alpha value is -1.00. The van der Waals surface area contributed by atoms with Crippen LogP contribution in [0.25, 0.3) is 0 Å². The van der Waals surface area contributed by atoms with Gasteiger partial charge in [-0.1, -0.05) is 0 Å². The lowest BCUT2D eigenvalue weighted by molar-refractivity contribution is 0.249. The fourth-order valence-corrected chi connectivity index (χ4v) is 1.10. The van der Waals surface area contributed by atoms with Gasteiger partial charge in [-0.2, -0.15) is 0 Å². The van der Waals surface area contributed by atoms with Gasteiger partial charge >= 0.3 is 0 Å². The topological polar surface area (TPSA) is 28.2 Å². The lowest BCUT2D eigenvalue weighted by Crippen LogP contribution is -2.33. The maximum Gasteiger partial charge on any atom is 0.141 e. The molecular formula is C9H14FN3. The van der Waals surface area contributed by atoms with Crippen LogP contribution in [0.15, 0.2) is 18.3 Å². The van der Waals surface area contributed by atoms with E-state index in [1.165, 1.54) is 12.3 Å². The molecule has 72 valence electrons. The van der Waals surface area contributed by atoms with E-state index in [4.69, 9.17) is 0 Å². The second-order valence-corrected chi connectivity index (χ2v) is 3.15. The Morgan fingerprint density at radius 2 is 2.15 bits per heavy atom. The molecule has 1 aromatic rings. The highest BCUT2D eigenvalue weighted by Gasteiger charge is 2.06. The Morgan fingerprint density at radius 1 is 1.46 bits per heavy atom. The van der Waals surface area contributed by atoms with Crippen molar-refractivity contribution >= 4 is 0 Å². The number of halogens is 1. The molecule has 0 fully saturated rings. The summed E-state index contributed by atoms with van der Waals surface area (Å²) < 4.78 is 12.5. The van der Waals surface area contributed by atoms with Crippen molar-refractivity contribution in [3.05, 3.63) is 29.8 Å². The van der Waals surface area contributed by atoms with E-state index in [-0.39, 0.29) is 11.9 Å². The number of hydrogen-bond acceptors (Lipinski definition) is 3. The van der Waals surface area contributed by atoms with E-state index in [0.717, 1.165) is 5.69 Å². The van der Waals surface area contributed by atoms with Crippen LogP contribution in [0.2, 0.25) is 0 Å². The highest BCUT2D eigenvalue weighted by molar-refractivity contribution is 5.08. The first kappa shape index (κ1) is 10.1. The zero-order chi connectivity index (χ0) is 9.84. The smallest absolute Gasteiger partial charge is 0.141 e. The summed E-state index contributed by atoms with van der Waals surface area (Å²) >= 11 is 0. The van der Waals surface area contributed by atoms with Crippen LogP contribution in [-0.4, -0.2) is 24.1 Å². The minimum Gasteiger partial charge on any atom is -0.257 e. The van der Waals surface area contributed by atoms with Crippen LogP contribution >= 0.6 is 0 Å². The molecule has 1 N–H and O–H groups in total. The van der Waals surface area contributed by atoms with E-state index in [2.05, 4.69) is 10.4 Å². The lowest BCUT2D eigenvalue weighted by atomic mass is 10.2. The fraction of sp³-hybridized carbons (Fsp3) is 0.444. The van der Waals surface area contributed by atoms with E-state index in [0.29, 0.717) is 0 Å². The number of nitrogens with one attached hydrogen (secondary N) is 1. The van der Waals surface area contributed by atoms with Crippen LogP contribution in [0, 0.1) is 5.82 Å². The Bertz CT molecular complexity index is 258. The van der Waals surface area contributed by atoms with Crippen LogP contribution in [0.3, 0.4) is 0 Å². The van der Waals surface area contributed by atoms with Gasteiger partial charge < -0.3 is 0 Å². The third-order valence-corrected chi connectivity index (χ3v) is 1.65. The molecule has 1 unspecified atom stereocenters. The van der Waals surface area contributed by atoms with Gasteiger partial charge in [-0.15, -0.1) is 0 Å². The largest absolute Gasteiger partial charge is 0.257 e. The predicted molar refractivity (Wildman–Crippen MR) is 49.4 cm³/mol. The molecule has 0 saturated carbocycles. The summed E-state index contributed by atoms with van der Waals surface area (Å²) in [7, 11) is 3.81. The standard InChI is InChI=1S/C9H14FN3/c1-7(12-13(2)3)9-5-4-8(10)6-11-9/h4-7,12H,1-3H3. The monoisotopic (exact) mass is 183 g/mol. The van der Waals surface area contributed by atoms with Gasteiger partial charge in [0.1, 0.15) is 5.82 Å². The minimum absolute atomic E-state index is 0.0931. The molecule has 0 aromatic carbocycles. The summed E-state index contributed by atoms with van der Waals surface area (Å²) in [5, 5.41) is 1.84. The van der Waals surface area contributed by atoms with E-state index >= 15 is 0 Å². The van der Waals surface area contributed by atoms with Gasteiger partial charge in [-0.3, -0.25) is 4.98 Å². The normalized spacial score (nSPS) is 13.3. The fourth-order valence-electron chi connectivity index (χ4n) is 1.10.